The van der Waals surface area contributed by atoms with Crippen molar-refractivity contribution in [3.63, 3.8) is 0 Å². The highest BCUT2D eigenvalue weighted by molar-refractivity contribution is 9.10. The summed E-state index contributed by atoms with van der Waals surface area (Å²) in [6.07, 6.45) is 1.82. The monoisotopic (exact) mass is 417 g/mol. The largest absolute Gasteiger partial charge is 0.451 e. The molecule has 1 fully saturated rings. The minimum absolute atomic E-state index is 0.0266. The molecule has 8 heteroatoms. The summed E-state index contributed by atoms with van der Waals surface area (Å²) in [7, 11) is -3.72. The van der Waals surface area contributed by atoms with Crippen LogP contribution in [-0.4, -0.2) is 32.3 Å². The number of hydrogen-bond donors (Lipinski definition) is 1. The Labute approximate surface area is 150 Å². The highest BCUT2D eigenvalue weighted by Gasteiger charge is 2.28. The molecule has 0 unspecified atom stereocenters. The van der Waals surface area contributed by atoms with Gasteiger partial charge in [0.25, 0.3) is 0 Å². The van der Waals surface area contributed by atoms with Crippen LogP contribution in [0.5, 0.6) is 0 Å². The zero-order chi connectivity index (χ0) is 17.9. The number of carbonyl (C=O) groups excluding carboxylic acids is 2. The summed E-state index contributed by atoms with van der Waals surface area (Å²) in [5.41, 5.74) is 0.0833. The molecule has 0 bridgehead atoms. The van der Waals surface area contributed by atoms with Crippen molar-refractivity contribution >= 4 is 37.7 Å². The van der Waals surface area contributed by atoms with Gasteiger partial charge in [0.05, 0.1) is 10.5 Å². The Morgan fingerprint density at radius 3 is 2.67 bits per heavy atom. The predicted molar refractivity (Wildman–Crippen MR) is 92.3 cm³/mol. The molecule has 132 valence electrons. The molecule has 6 nitrogen and oxygen atoms in total. The normalized spacial score (nSPS) is 18.7. The molecule has 24 heavy (non-hydrogen) atoms. The summed E-state index contributed by atoms with van der Waals surface area (Å²) in [6.45, 7) is 3.42. The lowest BCUT2D eigenvalue weighted by molar-refractivity contribution is -0.129. The minimum atomic E-state index is -3.72. The third-order valence-corrected chi connectivity index (χ3v) is 5.95. The number of benzene rings is 1. The van der Waals surface area contributed by atoms with E-state index >= 15 is 0 Å². The first-order valence-corrected chi connectivity index (χ1v) is 10.0. The number of hydrogen-bond acceptors (Lipinski definition) is 5. The van der Waals surface area contributed by atoms with Crippen LogP contribution in [0.15, 0.2) is 27.6 Å². The van der Waals surface area contributed by atoms with Gasteiger partial charge >= 0.3 is 5.97 Å². The molecule has 0 aliphatic heterocycles. The van der Waals surface area contributed by atoms with Crippen molar-refractivity contribution in [1.82, 2.24) is 4.72 Å². The van der Waals surface area contributed by atoms with Crippen molar-refractivity contribution in [2.75, 3.05) is 0 Å². The van der Waals surface area contributed by atoms with Gasteiger partial charge in [-0.15, -0.1) is 0 Å². The van der Waals surface area contributed by atoms with Gasteiger partial charge < -0.3 is 4.74 Å². The van der Waals surface area contributed by atoms with E-state index in [4.69, 9.17) is 4.74 Å². The summed E-state index contributed by atoms with van der Waals surface area (Å²) >= 11 is 3.23. The second-order valence-electron chi connectivity index (χ2n) is 6.02. The molecule has 0 radical (unpaired) electrons. The number of halogens is 1. The standard InChI is InChI=1S/C16H20BrNO5S/c1-10(2)18-24(21,22)11-7-8-13(17)12(9-11)16(20)23-15-6-4-3-5-14(15)19/h7-10,15,18H,3-6H2,1-2H3/t15-/m1/s1. The highest BCUT2D eigenvalue weighted by atomic mass is 79.9. The van der Waals surface area contributed by atoms with E-state index < -0.39 is 22.1 Å². The van der Waals surface area contributed by atoms with Crippen LogP contribution >= 0.6 is 15.9 Å². The molecule has 0 amide bonds. The van der Waals surface area contributed by atoms with E-state index in [1.54, 1.807) is 13.8 Å². The summed E-state index contributed by atoms with van der Waals surface area (Å²) in [6, 6.07) is 3.87. The van der Waals surface area contributed by atoms with E-state index in [2.05, 4.69) is 20.7 Å². The second kappa shape index (κ2) is 7.76. The fourth-order valence-electron chi connectivity index (χ4n) is 2.47. The summed E-state index contributed by atoms with van der Waals surface area (Å²) < 4.78 is 32.6. The van der Waals surface area contributed by atoms with Crippen molar-refractivity contribution in [1.29, 1.82) is 0 Å². The molecule has 1 aromatic rings. The number of nitrogens with one attached hydrogen (secondary N) is 1. The van der Waals surface area contributed by atoms with Crippen LogP contribution in [0.25, 0.3) is 0 Å². The van der Waals surface area contributed by atoms with E-state index in [-0.39, 0.29) is 22.3 Å². The Hall–Kier alpha value is -1.25. The molecule has 2 rings (SSSR count). The summed E-state index contributed by atoms with van der Waals surface area (Å²) in [4.78, 5) is 24.1. The number of rotatable bonds is 5. The topological polar surface area (TPSA) is 89.5 Å². The van der Waals surface area contributed by atoms with E-state index in [1.807, 2.05) is 0 Å². The van der Waals surface area contributed by atoms with Crippen LogP contribution in [-0.2, 0) is 19.6 Å². The van der Waals surface area contributed by atoms with Crippen molar-refractivity contribution in [3.8, 4) is 0 Å². The number of ketones is 1. The minimum Gasteiger partial charge on any atom is -0.451 e. The third kappa shape index (κ3) is 4.64. The van der Waals surface area contributed by atoms with Crippen molar-refractivity contribution in [3.05, 3.63) is 28.2 Å². The fourth-order valence-corrected chi connectivity index (χ4v) is 4.16. The average Bonchev–Trinajstić information content (AvgIpc) is 2.48. The maximum atomic E-state index is 12.4. The molecule has 0 spiro atoms. The fraction of sp³-hybridized carbons (Fsp3) is 0.500. The SMILES string of the molecule is CC(C)NS(=O)(=O)c1ccc(Br)c(C(=O)O[C@@H]2CCCCC2=O)c1. The van der Waals surface area contributed by atoms with Crippen LogP contribution < -0.4 is 4.72 Å². The molecular formula is C16H20BrNO5S. The smallest absolute Gasteiger partial charge is 0.340 e. The Balaban J connectivity index is 2.25. The van der Waals surface area contributed by atoms with Crippen LogP contribution in [0.1, 0.15) is 49.9 Å². The quantitative estimate of drug-likeness (QED) is 0.743. The first-order valence-electron chi connectivity index (χ1n) is 7.76. The summed E-state index contributed by atoms with van der Waals surface area (Å²) in [5.74, 6) is -0.792. The maximum Gasteiger partial charge on any atom is 0.340 e. The van der Waals surface area contributed by atoms with E-state index in [0.29, 0.717) is 17.3 Å². The molecule has 1 aliphatic rings. The van der Waals surface area contributed by atoms with Gasteiger partial charge in [0, 0.05) is 16.9 Å². The van der Waals surface area contributed by atoms with Gasteiger partial charge in [-0.1, -0.05) is 0 Å². The lowest BCUT2D eigenvalue weighted by atomic mass is 9.96. The average molecular weight is 418 g/mol. The Morgan fingerprint density at radius 1 is 1.33 bits per heavy atom. The lowest BCUT2D eigenvalue weighted by Gasteiger charge is -2.21. The first kappa shape index (κ1) is 19.1. The van der Waals surface area contributed by atoms with E-state index in [1.165, 1.54) is 18.2 Å². The van der Waals surface area contributed by atoms with Crippen molar-refractivity contribution in [2.45, 2.75) is 56.6 Å². The van der Waals surface area contributed by atoms with Crippen LogP contribution in [0.2, 0.25) is 0 Å². The molecule has 0 heterocycles. The van der Waals surface area contributed by atoms with Gasteiger partial charge in [-0.3, -0.25) is 4.79 Å². The second-order valence-corrected chi connectivity index (χ2v) is 8.59. The van der Waals surface area contributed by atoms with E-state index in [0.717, 1.165) is 12.8 Å². The van der Waals surface area contributed by atoms with E-state index in [9.17, 15) is 18.0 Å². The molecular weight excluding hydrogens is 398 g/mol. The van der Waals surface area contributed by atoms with Gasteiger partial charge in [0.15, 0.2) is 11.9 Å². The summed E-state index contributed by atoms with van der Waals surface area (Å²) in [5, 5.41) is 0. The number of Topliss-reactive ketones (excluding diaryl/α,β-unsaturated/α-hetero) is 1. The maximum absolute atomic E-state index is 12.4. The number of esters is 1. The Bertz CT molecular complexity index is 745. The number of carbonyl (C=O) groups is 2. The molecule has 0 saturated heterocycles. The Morgan fingerprint density at radius 2 is 2.04 bits per heavy atom. The Kier molecular flexibility index (Phi) is 6.17. The van der Waals surface area contributed by atoms with Crippen LogP contribution in [0.3, 0.4) is 0 Å². The third-order valence-electron chi connectivity index (χ3n) is 3.61. The van der Waals surface area contributed by atoms with Gasteiger partial charge in [-0.25, -0.2) is 17.9 Å². The van der Waals surface area contributed by atoms with Crippen molar-refractivity contribution in [2.24, 2.45) is 0 Å². The van der Waals surface area contributed by atoms with Crippen LogP contribution in [0.4, 0.5) is 0 Å². The molecule has 1 atom stereocenters. The van der Waals surface area contributed by atoms with Crippen molar-refractivity contribution < 1.29 is 22.7 Å². The molecule has 1 N–H and O–H groups in total. The van der Waals surface area contributed by atoms with Gasteiger partial charge in [0.2, 0.25) is 10.0 Å². The molecule has 0 aromatic heterocycles. The first-order chi connectivity index (χ1) is 11.2. The zero-order valence-electron chi connectivity index (χ0n) is 13.5. The van der Waals surface area contributed by atoms with Crippen LogP contribution in [0, 0.1) is 0 Å². The zero-order valence-corrected chi connectivity index (χ0v) is 15.9. The highest BCUT2D eigenvalue weighted by Crippen LogP contribution is 2.24. The predicted octanol–water partition coefficient (Wildman–Crippen LogP) is 2.80. The van der Waals surface area contributed by atoms with Gasteiger partial charge in [0.1, 0.15) is 0 Å². The van der Waals surface area contributed by atoms with Gasteiger partial charge in [-0.05, 0) is 67.2 Å². The number of ether oxygens (including phenoxy) is 1. The van der Waals surface area contributed by atoms with Gasteiger partial charge in [-0.2, -0.15) is 0 Å². The molecule has 1 aromatic carbocycles. The molecule has 1 saturated carbocycles. The number of sulfonamides is 1. The lowest BCUT2D eigenvalue weighted by Crippen LogP contribution is -2.31. The molecule has 1 aliphatic carbocycles.